The van der Waals surface area contributed by atoms with Gasteiger partial charge in [0.05, 0.1) is 17.3 Å². The van der Waals surface area contributed by atoms with E-state index in [9.17, 15) is 4.79 Å². The molecule has 5 heteroatoms. The van der Waals surface area contributed by atoms with Crippen molar-refractivity contribution in [2.45, 2.75) is 26.3 Å². The molecule has 0 saturated carbocycles. The zero-order valence-electron chi connectivity index (χ0n) is 10.5. The fourth-order valence-corrected chi connectivity index (χ4v) is 2.06. The van der Waals surface area contributed by atoms with Gasteiger partial charge in [0, 0.05) is 16.9 Å². The van der Waals surface area contributed by atoms with E-state index in [1.165, 1.54) is 0 Å². The van der Waals surface area contributed by atoms with E-state index in [-0.39, 0.29) is 11.9 Å². The van der Waals surface area contributed by atoms with Crippen molar-refractivity contribution in [2.24, 2.45) is 0 Å². The van der Waals surface area contributed by atoms with Crippen molar-refractivity contribution < 1.29 is 4.79 Å². The lowest BCUT2D eigenvalue weighted by Crippen LogP contribution is -2.30. The van der Waals surface area contributed by atoms with Crippen molar-refractivity contribution in [3.8, 4) is 6.07 Å². The number of hydrogen-bond acceptors (Lipinski definition) is 3. The summed E-state index contributed by atoms with van der Waals surface area (Å²) in [4.78, 5) is 11.8. The number of anilines is 1. The lowest BCUT2D eigenvalue weighted by atomic mass is 10.2. The van der Waals surface area contributed by atoms with Gasteiger partial charge in [0.25, 0.3) is 0 Å². The predicted octanol–water partition coefficient (Wildman–Crippen LogP) is 2.65. The Morgan fingerprint density at radius 2 is 2.28 bits per heavy atom. The van der Waals surface area contributed by atoms with E-state index in [1.54, 1.807) is 18.2 Å². The van der Waals surface area contributed by atoms with Crippen LogP contribution in [0.5, 0.6) is 0 Å². The fourth-order valence-electron chi connectivity index (χ4n) is 1.59. The van der Waals surface area contributed by atoms with Gasteiger partial charge in [-0.15, -0.1) is 0 Å². The molecule has 1 rings (SSSR count). The Kier molecular flexibility index (Phi) is 5.83. The number of nitriles is 1. The molecule has 18 heavy (non-hydrogen) atoms. The second kappa shape index (κ2) is 7.14. The molecule has 4 nitrogen and oxygen atoms in total. The first-order valence-corrected chi connectivity index (χ1v) is 6.59. The molecule has 0 radical (unpaired) electrons. The van der Waals surface area contributed by atoms with Crippen LogP contribution in [0.15, 0.2) is 22.7 Å². The zero-order chi connectivity index (χ0) is 13.5. The molecule has 1 amide bonds. The minimum absolute atomic E-state index is 0.0474. The summed E-state index contributed by atoms with van der Waals surface area (Å²) in [7, 11) is 0. The van der Waals surface area contributed by atoms with E-state index >= 15 is 0 Å². The summed E-state index contributed by atoms with van der Waals surface area (Å²) in [6.07, 6.45) is 0.417. The van der Waals surface area contributed by atoms with Gasteiger partial charge in [0.1, 0.15) is 0 Å². The number of halogens is 1. The highest BCUT2D eigenvalue weighted by molar-refractivity contribution is 9.10. The second-order valence-electron chi connectivity index (χ2n) is 4.02. The Morgan fingerprint density at radius 3 is 2.83 bits per heavy atom. The van der Waals surface area contributed by atoms with Gasteiger partial charge in [-0.2, -0.15) is 5.26 Å². The van der Waals surface area contributed by atoms with E-state index in [4.69, 9.17) is 5.26 Å². The molecule has 0 aliphatic rings. The highest BCUT2D eigenvalue weighted by Crippen LogP contribution is 2.23. The molecule has 1 aromatic rings. The minimum Gasteiger partial charge on any atom is -0.325 e. The Bertz CT molecular complexity index is 468. The normalized spacial score (nSPS) is 11.7. The van der Waals surface area contributed by atoms with Crippen LogP contribution in [0.2, 0.25) is 0 Å². The number of nitrogens with zero attached hydrogens (tertiary/aromatic N) is 1. The first-order valence-electron chi connectivity index (χ1n) is 5.79. The molecular weight excluding hydrogens is 294 g/mol. The molecule has 0 aliphatic carbocycles. The number of nitrogens with one attached hydrogen (secondary N) is 2. The van der Waals surface area contributed by atoms with Gasteiger partial charge >= 0.3 is 0 Å². The molecule has 0 saturated heterocycles. The number of carbonyl (C=O) groups excluding carboxylic acids is 1. The SMILES string of the molecule is CCNC(C)CC(=O)Nc1ccc(C#N)cc1Br. The molecule has 0 fully saturated rings. The summed E-state index contributed by atoms with van der Waals surface area (Å²) in [5.41, 5.74) is 1.24. The first-order chi connectivity index (χ1) is 8.56. The number of carbonyl (C=O) groups is 1. The van der Waals surface area contributed by atoms with Crippen LogP contribution >= 0.6 is 15.9 Å². The summed E-state index contributed by atoms with van der Waals surface area (Å²) >= 11 is 3.33. The average molecular weight is 310 g/mol. The van der Waals surface area contributed by atoms with Gasteiger partial charge in [0.2, 0.25) is 5.91 Å². The maximum absolute atomic E-state index is 11.8. The lowest BCUT2D eigenvalue weighted by molar-refractivity contribution is -0.116. The third kappa shape index (κ3) is 4.47. The topological polar surface area (TPSA) is 64.9 Å². The molecule has 0 heterocycles. The van der Waals surface area contributed by atoms with Crippen LogP contribution in [0.25, 0.3) is 0 Å². The second-order valence-corrected chi connectivity index (χ2v) is 4.87. The largest absolute Gasteiger partial charge is 0.325 e. The van der Waals surface area contributed by atoms with E-state index in [0.29, 0.717) is 22.1 Å². The smallest absolute Gasteiger partial charge is 0.225 e. The molecular formula is C13H16BrN3O. The van der Waals surface area contributed by atoms with Gasteiger partial charge in [0.15, 0.2) is 0 Å². The quantitative estimate of drug-likeness (QED) is 0.879. The summed E-state index contributed by atoms with van der Waals surface area (Å²) in [5, 5.41) is 14.7. The Morgan fingerprint density at radius 1 is 1.56 bits per heavy atom. The number of hydrogen-bond donors (Lipinski definition) is 2. The van der Waals surface area contributed by atoms with Gasteiger partial charge in [-0.05, 0) is 47.6 Å². The number of benzene rings is 1. The first kappa shape index (κ1) is 14.7. The molecule has 0 spiro atoms. The van der Waals surface area contributed by atoms with Crippen LogP contribution in [0.1, 0.15) is 25.8 Å². The van der Waals surface area contributed by atoms with Crippen molar-refractivity contribution in [1.29, 1.82) is 5.26 Å². The van der Waals surface area contributed by atoms with Crippen molar-refractivity contribution in [1.82, 2.24) is 5.32 Å². The van der Waals surface area contributed by atoms with E-state index in [2.05, 4.69) is 26.6 Å². The third-order valence-electron chi connectivity index (χ3n) is 2.42. The van der Waals surface area contributed by atoms with Crippen molar-refractivity contribution in [2.75, 3.05) is 11.9 Å². The highest BCUT2D eigenvalue weighted by atomic mass is 79.9. The van der Waals surface area contributed by atoms with Gasteiger partial charge in [-0.3, -0.25) is 4.79 Å². The predicted molar refractivity (Wildman–Crippen MR) is 75.2 cm³/mol. The molecule has 0 aromatic heterocycles. The van der Waals surface area contributed by atoms with Crippen molar-refractivity contribution >= 4 is 27.5 Å². The average Bonchev–Trinajstić information content (AvgIpc) is 2.31. The molecule has 0 aliphatic heterocycles. The molecule has 96 valence electrons. The summed E-state index contributed by atoms with van der Waals surface area (Å²) < 4.78 is 0.714. The van der Waals surface area contributed by atoms with Crippen LogP contribution in [-0.2, 0) is 4.79 Å². The van der Waals surface area contributed by atoms with Crippen LogP contribution in [0, 0.1) is 11.3 Å². The Labute approximate surface area is 116 Å². The van der Waals surface area contributed by atoms with Crippen LogP contribution < -0.4 is 10.6 Å². The van der Waals surface area contributed by atoms with Crippen LogP contribution in [0.3, 0.4) is 0 Å². The number of amides is 1. The Hall–Kier alpha value is -1.38. The lowest BCUT2D eigenvalue weighted by Gasteiger charge is -2.13. The monoisotopic (exact) mass is 309 g/mol. The molecule has 0 bridgehead atoms. The summed E-state index contributed by atoms with van der Waals surface area (Å²) in [6.45, 7) is 4.82. The van der Waals surface area contributed by atoms with Crippen molar-refractivity contribution in [3.63, 3.8) is 0 Å². The molecule has 2 N–H and O–H groups in total. The van der Waals surface area contributed by atoms with E-state index in [0.717, 1.165) is 6.54 Å². The maximum Gasteiger partial charge on any atom is 0.225 e. The highest BCUT2D eigenvalue weighted by Gasteiger charge is 2.10. The summed E-state index contributed by atoms with van der Waals surface area (Å²) in [5.74, 6) is -0.0474. The van der Waals surface area contributed by atoms with Crippen LogP contribution in [-0.4, -0.2) is 18.5 Å². The number of rotatable bonds is 5. The van der Waals surface area contributed by atoms with Crippen LogP contribution in [0.4, 0.5) is 5.69 Å². The van der Waals surface area contributed by atoms with Gasteiger partial charge < -0.3 is 10.6 Å². The molecule has 1 aromatic carbocycles. The zero-order valence-corrected chi connectivity index (χ0v) is 12.0. The van der Waals surface area contributed by atoms with Gasteiger partial charge in [-0.1, -0.05) is 6.92 Å². The Balaban J connectivity index is 2.62. The van der Waals surface area contributed by atoms with E-state index < -0.39 is 0 Å². The minimum atomic E-state index is -0.0474. The maximum atomic E-state index is 11.8. The van der Waals surface area contributed by atoms with Crippen molar-refractivity contribution in [3.05, 3.63) is 28.2 Å². The third-order valence-corrected chi connectivity index (χ3v) is 3.07. The summed E-state index contributed by atoms with van der Waals surface area (Å²) in [6, 6.07) is 7.27. The van der Waals surface area contributed by atoms with E-state index in [1.807, 2.05) is 19.9 Å². The fraction of sp³-hybridized carbons (Fsp3) is 0.385. The van der Waals surface area contributed by atoms with Gasteiger partial charge in [-0.25, -0.2) is 0 Å². The molecule has 1 unspecified atom stereocenters. The molecule has 1 atom stereocenters. The standard InChI is InChI=1S/C13H16BrN3O/c1-3-16-9(2)6-13(18)17-12-5-4-10(8-15)7-11(12)14/h4-5,7,9,16H,3,6H2,1-2H3,(H,17,18).